The van der Waals surface area contributed by atoms with E-state index in [1.165, 1.54) is 10.5 Å². The number of rotatable bonds is 6. The minimum absolute atomic E-state index is 0.0365. The number of amides is 2. The second-order valence-corrected chi connectivity index (χ2v) is 6.98. The normalized spacial score (nSPS) is 17.3. The molecule has 2 amide bonds. The van der Waals surface area contributed by atoms with Gasteiger partial charge in [-0.2, -0.15) is 5.10 Å². The summed E-state index contributed by atoms with van der Waals surface area (Å²) < 4.78 is 0. The van der Waals surface area contributed by atoms with E-state index in [9.17, 15) is 9.59 Å². The second-order valence-electron chi connectivity index (χ2n) is 5.81. The van der Waals surface area contributed by atoms with Gasteiger partial charge in [0, 0.05) is 36.4 Å². The molecule has 1 aliphatic heterocycles. The fourth-order valence-corrected chi connectivity index (χ4v) is 3.41. The Bertz CT molecular complexity index is 700. The number of aryl methyl sites for hydroxylation is 1. The van der Waals surface area contributed by atoms with Gasteiger partial charge in [0.2, 0.25) is 11.8 Å². The summed E-state index contributed by atoms with van der Waals surface area (Å²) in [7, 11) is 0. The van der Waals surface area contributed by atoms with Gasteiger partial charge < -0.3 is 10.2 Å². The number of benzene rings is 1. The number of carbonyl (C=O) groups excluding carboxylic acids is 2. The van der Waals surface area contributed by atoms with E-state index in [1.54, 1.807) is 29.1 Å². The Morgan fingerprint density at radius 1 is 1.42 bits per heavy atom. The quantitative estimate of drug-likeness (QED) is 0.620. The maximum absolute atomic E-state index is 12.2. The van der Waals surface area contributed by atoms with Crippen LogP contribution in [-0.4, -0.2) is 40.9 Å². The molecule has 7 heteroatoms. The first-order chi connectivity index (χ1) is 11.6. The molecule has 0 radical (unpaired) electrons. The minimum atomic E-state index is -0.295. The average Bonchev–Trinajstić information content (AvgIpc) is 3.22. The number of aromatic nitrogens is 2. The van der Waals surface area contributed by atoms with Gasteiger partial charge in [-0.25, -0.2) is 0 Å². The summed E-state index contributed by atoms with van der Waals surface area (Å²) in [6.45, 7) is 3.06. The molecule has 0 unspecified atom stereocenters. The van der Waals surface area contributed by atoms with Crippen LogP contribution in [0.25, 0.3) is 0 Å². The molecule has 126 valence electrons. The van der Waals surface area contributed by atoms with E-state index in [0.29, 0.717) is 18.8 Å². The molecule has 2 aromatic rings. The third kappa shape index (κ3) is 3.97. The van der Waals surface area contributed by atoms with Gasteiger partial charge in [-0.05, 0) is 19.1 Å². The third-order valence-electron chi connectivity index (χ3n) is 3.98. The van der Waals surface area contributed by atoms with Crippen molar-refractivity contribution in [1.82, 2.24) is 15.5 Å². The van der Waals surface area contributed by atoms with Crippen molar-refractivity contribution in [2.75, 3.05) is 23.7 Å². The lowest BCUT2D eigenvalue weighted by Gasteiger charge is -2.14. The average molecular weight is 344 g/mol. The molecule has 24 heavy (non-hydrogen) atoms. The van der Waals surface area contributed by atoms with Crippen molar-refractivity contribution in [3.8, 4) is 0 Å². The fourth-order valence-electron chi connectivity index (χ4n) is 2.65. The van der Waals surface area contributed by atoms with Gasteiger partial charge in [-0.15, -0.1) is 11.8 Å². The van der Waals surface area contributed by atoms with Gasteiger partial charge in [0.25, 0.3) is 0 Å². The van der Waals surface area contributed by atoms with Crippen LogP contribution in [0.1, 0.15) is 12.0 Å². The monoisotopic (exact) mass is 344 g/mol. The SMILES string of the molecule is Cc1ccc(SCCNC(=O)[C@@H]2CC(=O)N(c3cn[nH]c3)C2)cc1. The molecular weight excluding hydrogens is 324 g/mol. The van der Waals surface area contributed by atoms with Gasteiger partial charge in [-0.1, -0.05) is 17.7 Å². The van der Waals surface area contributed by atoms with Crippen molar-refractivity contribution in [2.45, 2.75) is 18.2 Å². The lowest BCUT2D eigenvalue weighted by Crippen LogP contribution is -2.34. The first-order valence-corrected chi connectivity index (χ1v) is 8.88. The van der Waals surface area contributed by atoms with E-state index in [-0.39, 0.29) is 24.2 Å². The summed E-state index contributed by atoms with van der Waals surface area (Å²) in [6, 6.07) is 8.32. The molecule has 1 aromatic heterocycles. The van der Waals surface area contributed by atoms with Gasteiger partial charge >= 0.3 is 0 Å². The van der Waals surface area contributed by atoms with Crippen molar-refractivity contribution in [1.29, 1.82) is 0 Å². The Labute approximate surface area is 145 Å². The molecule has 1 atom stereocenters. The molecule has 0 bridgehead atoms. The molecule has 2 N–H and O–H groups in total. The van der Waals surface area contributed by atoms with Crippen LogP contribution in [0, 0.1) is 12.8 Å². The zero-order chi connectivity index (χ0) is 16.9. The van der Waals surface area contributed by atoms with Crippen LogP contribution in [0.3, 0.4) is 0 Å². The Morgan fingerprint density at radius 2 is 2.21 bits per heavy atom. The van der Waals surface area contributed by atoms with Crippen molar-refractivity contribution < 1.29 is 9.59 Å². The van der Waals surface area contributed by atoms with Gasteiger partial charge in [0.05, 0.1) is 17.8 Å². The molecule has 0 saturated carbocycles. The Balaban J connectivity index is 1.42. The van der Waals surface area contributed by atoms with Crippen LogP contribution in [0.4, 0.5) is 5.69 Å². The van der Waals surface area contributed by atoms with Crippen LogP contribution >= 0.6 is 11.8 Å². The topological polar surface area (TPSA) is 78.1 Å². The highest BCUT2D eigenvalue weighted by molar-refractivity contribution is 7.99. The number of nitrogens with one attached hydrogen (secondary N) is 2. The summed E-state index contributed by atoms with van der Waals surface area (Å²) in [4.78, 5) is 27.1. The smallest absolute Gasteiger partial charge is 0.227 e. The molecule has 1 aliphatic rings. The lowest BCUT2D eigenvalue weighted by molar-refractivity contribution is -0.126. The maximum Gasteiger partial charge on any atom is 0.227 e. The highest BCUT2D eigenvalue weighted by Crippen LogP contribution is 2.24. The number of nitrogens with zero attached hydrogens (tertiary/aromatic N) is 2. The summed E-state index contributed by atoms with van der Waals surface area (Å²) >= 11 is 1.71. The zero-order valence-corrected chi connectivity index (χ0v) is 14.3. The molecule has 0 aliphatic carbocycles. The van der Waals surface area contributed by atoms with Crippen LogP contribution in [-0.2, 0) is 9.59 Å². The molecule has 2 heterocycles. The maximum atomic E-state index is 12.2. The lowest BCUT2D eigenvalue weighted by atomic mass is 10.1. The molecule has 1 saturated heterocycles. The number of thioether (sulfide) groups is 1. The van der Waals surface area contributed by atoms with Crippen LogP contribution < -0.4 is 10.2 Å². The van der Waals surface area contributed by atoms with Crippen LogP contribution in [0.2, 0.25) is 0 Å². The minimum Gasteiger partial charge on any atom is -0.355 e. The van der Waals surface area contributed by atoms with E-state index < -0.39 is 0 Å². The summed E-state index contributed by atoms with van der Waals surface area (Å²) in [5.41, 5.74) is 1.95. The highest BCUT2D eigenvalue weighted by atomic mass is 32.2. The third-order valence-corrected chi connectivity index (χ3v) is 5.00. The van der Waals surface area contributed by atoms with Crippen molar-refractivity contribution in [3.05, 3.63) is 42.2 Å². The predicted molar refractivity (Wildman–Crippen MR) is 94.0 cm³/mol. The number of anilines is 1. The van der Waals surface area contributed by atoms with Crippen LogP contribution in [0.15, 0.2) is 41.6 Å². The largest absolute Gasteiger partial charge is 0.355 e. The Morgan fingerprint density at radius 3 is 2.92 bits per heavy atom. The standard InChI is InChI=1S/C17H20N4O2S/c1-12-2-4-15(5-3-12)24-7-6-18-17(23)13-8-16(22)21(11-13)14-9-19-20-10-14/h2-5,9-10,13H,6-8,11H2,1H3,(H,18,23)(H,19,20)/t13-/m1/s1. The number of carbonyl (C=O) groups is 2. The fraction of sp³-hybridized carbons (Fsp3) is 0.353. The predicted octanol–water partition coefficient (Wildman–Crippen LogP) is 1.98. The molecule has 1 fully saturated rings. The molecular formula is C17H20N4O2S. The van der Waals surface area contributed by atoms with E-state index in [4.69, 9.17) is 0 Å². The number of hydrogen-bond acceptors (Lipinski definition) is 4. The van der Waals surface area contributed by atoms with Crippen molar-refractivity contribution in [3.63, 3.8) is 0 Å². The van der Waals surface area contributed by atoms with Crippen molar-refractivity contribution >= 4 is 29.3 Å². The number of aromatic amines is 1. The molecule has 1 aromatic carbocycles. The zero-order valence-electron chi connectivity index (χ0n) is 13.5. The number of hydrogen-bond donors (Lipinski definition) is 2. The van der Waals surface area contributed by atoms with Gasteiger partial charge in [-0.3, -0.25) is 14.7 Å². The highest BCUT2D eigenvalue weighted by Gasteiger charge is 2.35. The summed E-state index contributed by atoms with van der Waals surface area (Å²) in [5, 5.41) is 9.46. The summed E-state index contributed by atoms with van der Waals surface area (Å²) in [6.07, 6.45) is 3.51. The van der Waals surface area contributed by atoms with E-state index in [0.717, 1.165) is 5.75 Å². The van der Waals surface area contributed by atoms with Gasteiger partial charge in [0.15, 0.2) is 0 Å². The van der Waals surface area contributed by atoms with E-state index >= 15 is 0 Å². The Hall–Kier alpha value is -2.28. The summed E-state index contributed by atoms with van der Waals surface area (Å²) in [5.74, 6) is 0.419. The van der Waals surface area contributed by atoms with Crippen molar-refractivity contribution in [2.24, 2.45) is 5.92 Å². The van der Waals surface area contributed by atoms with Gasteiger partial charge in [0.1, 0.15) is 0 Å². The van der Waals surface area contributed by atoms with E-state index in [1.807, 2.05) is 0 Å². The molecule has 0 spiro atoms. The second kappa shape index (κ2) is 7.53. The van der Waals surface area contributed by atoms with E-state index in [2.05, 4.69) is 46.7 Å². The first-order valence-electron chi connectivity index (χ1n) is 7.90. The van der Waals surface area contributed by atoms with Crippen LogP contribution in [0.5, 0.6) is 0 Å². The number of H-pyrrole nitrogens is 1. The molecule has 3 rings (SSSR count). The first kappa shape index (κ1) is 16.6. The molecule has 6 nitrogen and oxygen atoms in total. The Kier molecular flexibility index (Phi) is 5.20.